The summed E-state index contributed by atoms with van der Waals surface area (Å²) in [5.74, 6) is -0.584. The van der Waals surface area contributed by atoms with Gasteiger partial charge in [-0.1, -0.05) is 32.1 Å². The first-order valence-corrected chi connectivity index (χ1v) is 9.95. The molecule has 2 heterocycles. The molecule has 0 aromatic carbocycles. The molecule has 0 unspecified atom stereocenters. The Morgan fingerprint density at radius 2 is 1.92 bits per heavy atom. The maximum Gasteiger partial charge on any atom is 0.350 e. The second-order valence-electron chi connectivity index (χ2n) is 7.16. The fraction of sp³-hybridized carbons (Fsp3) is 0.500. The van der Waals surface area contributed by atoms with Gasteiger partial charge in [0.05, 0.1) is 17.7 Å². The number of ether oxygens (including phenoxy) is 1. The molecule has 5 nitrogen and oxygen atoms in total. The molecule has 0 saturated heterocycles. The van der Waals surface area contributed by atoms with E-state index in [9.17, 15) is 9.59 Å². The smallest absolute Gasteiger partial charge is 0.350 e. The van der Waals surface area contributed by atoms with Gasteiger partial charge in [-0.25, -0.2) is 9.78 Å². The second kappa shape index (κ2) is 6.88. The third-order valence-electron chi connectivity index (χ3n) is 4.15. The highest BCUT2D eigenvalue weighted by molar-refractivity contribution is 7.18. The number of nitrogens with one attached hydrogen (secondary N) is 1. The van der Waals surface area contributed by atoms with E-state index in [4.69, 9.17) is 4.74 Å². The van der Waals surface area contributed by atoms with Gasteiger partial charge in [0.25, 0.3) is 5.91 Å². The standard InChI is InChI=1S/C18H22N2O3S2/c1-18(2,3)14-13(16(22)23-4)25-17(19-14)20-15(21)12-9-10-7-5-6-8-11(10)24-12/h9H,5-8H2,1-4H3,(H,19,20,21). The van der Waals surface area contributed by atoms with Crippen LogP contribution in [0, 0.1) is 0 Å². The highest BCUT2D eigenvalue weighted by Crippen LogP contribution is 2.34. The van der Waals surface area contributed by atoms with Crippen LogP contribution in [0.15, 0.2) is 6.07 Å². The molecule has 0 radical (unpaired) electrons. The van der Waals surface area contributed by atoms with Gasteiger partial charge in [-0.2, -0.15) is 0 Å². The molecule has 0 saturated carbocycles. The van der Waals surface area contributed by atoms with E-state index in [-0.39, 0.29) is 11.3 Å². The van der Waals surface area contributed by atoms with Crippen molar-refractivity contribution >= 4 is 39.7 Å². The Labute approximate surface area is 155 Å². The van der Waals surface area contributed by atoms with Gasteiger partial charge >= 0.3 is 5.97 Å². The van der Waals surface area contributed by atoms with Crippen LogP contribution in [-0.4, -0.2) is 24.0 Å². The van der Waals surface area contributed by atoms with Crippen molar-refractivity contribution in [3.8, 4) is 0 Å². The van der Waals surface area contributed by atoms with Gasteiger partial charge in [0, 0.05) is 10.3 Å². The number of hydrogen-bond acceptors (Lipinski definition) is 6. The van der Waals surface area contributed by atoms with E-state index in [1.165, 1.54) is 30.4 Å². The number of fused-ring (bicyclic) bond motifs is 1. The highest BCUT2D eigenvalue weighted by atomic mass is 32.1. The molecule has 25 heavy (non-hydrogen) atoms. The van der Waals surface area contributed by atoms with Crippen LogP contribution in [0.25, 0.3) is 0 Å². The van der Waals surface area contributed by atoms with Gasteiger partial charge in [-0.05, 0) is 37.3 Å². The summed E-state index contributed by atoms with van der Waals surface area (Å²) < 4.78 is 4.85. The Hall–Kier alpha value is -1.73. The Morgan fingerprint density at radius 3 is 2.56 bits per heavy atom. The maximum absolute atomic E-state index is 12.6. The van der Waals surface area contributed by atoms with Crippen LogP contribution in [0.3, 0.4) is 0 Å². The van der Waals surface area contributed by atoms with Gasteiger partial charge in [-0.15, -0.1) is 11.3 Å². The lowest BCUT2D eigenvalue weighted by molar-refractivity contribution is 0.0603. The fourth-order valence-electron chi connectivity index (χ4n) is 2.87. The van der Waals surface area contributed by atoms with Crippen molar-refractivity contribution in [2.75, 3.05) is 12.4 Å². The van der Waals surface area contributed by atoms with E-state index in [0.29, 0.717) is 20.6 Å². The minimum Gasteiger partial charge on any atom is -0.465 e. The van der Waals surface area contributed by atoms with Gasteiger partial charge in [0.15, 0.2) is 5.13 Å². The molecule has 1 N–H and O–H groups in total. The summed E-state index contributed by atoms with van der Waals surface area (Å²) in [6.45, 7) is 5.94. The monoisotopic (exact) mass is 378 g/mol. The number of nitrogens with zero attached hydrogens (tertiary/aromatic N) is 1. The third-order valence-corrected chi connectivity index (χ3v) is 6.34. The van der Waals surface area contributed by atoms with Crippen LogP contribution in [-0.2, 0) is 23.0 Å². The van der Waals surface area contributed by atoms with Crippen molar-refractivity contribution in [3.05, 3.63) is 32.0 Å². The van der Waals surface area contributed by atoms with Gasteiger partial charge in [0.1, 0.15) is 4.88 Å². The molecular formula is C18H22N2O3S2. The molecule has 3 rings (SSSR count). The number of esters is 1. The molecule has 1 aliphatic carbocycles. The van der Waals surface area contributed by atoms with Crippen LogP contribution >= 0.6 is 22.7 Å². The number of thiazole rings is 1. The van der Waals surface area contributed by atoms with Gasteiger partial charge < -0.3 is 4.74 Å². The zero-order chi connectivity index (χ0) is 18.2. The van der Waals surface area contributed by atoms with Crippen LogP contribution in [0.4, 0.5) is 5.13 Å². The molecule has 7 heteroatoms. The Kier molecular flexibility index (Phi) is 4.97. The minimum absolute atomic E-state index is 0.162. The van der Waals surface area contributed by atoms with Crippen LogP contribution in [0.5, 0.6) is 0 Å². The SMILES string of the molecule is COC(=O)c1sc(NC(=O)c2cc3c(s2)CCCC3)nc1C(C)(C)C. The molecule has 2 aromatic heterocycles. The average molecular weight is 379 g/mol. The molecule has 0 atom stereocenters. The Bertz CT molecular complexity index is 791. The van der Waals surface area contributed by atoms with E-state index in [1.807, 2.05) is 26.8 Å². The van der Waals surface area contributed by atoms with Crippen LogP contribution in [0.2, 0.25) is 0 Å². The summed E-state index contributed by atoms with van der Waals surface area (Å²) in [5.41, 5.74) is 1.63. The van der Waals surface area contributed by atoms with Crippen molar-refractivity contribution in [1.82, 2.24) is 4.98 Å². The minimum atomic E-state index is -0.422. The number of carbonyl (C=O) groups excluding carboxylic acids is 2. The normalized spacial score (nSPS) is 14.1. The number of aromatic nitrogens is 1. The fourth-order valence-corrected chi connectivity index (χ4v) is 5.11. The Morgan fingerprint density at radius 1 is 1.20 bits per heavy atom. The van der Waals surface area contributed by atoms with E-state index in [1.54, 1.807) is 11.3 Å². The number of anilines is 1. The van der Waals surface area contributed by atoms with E-state index < -0.39 is 5.97 Å². The topological polar surface area (TPSA) is 68.3 Å². The van der Waals surface area contributed by atoms with Crippen molar-refractivity contribution in [1.29, 1.82) is 0 Å². The summed E-state index contributed by atoms with van der Waals surface area (Å²) in [6, 6.07) is 1.99. The van der Waals surface area contributed by atoms with E-state index in [0.717, 1.165) is 24.2 Å². The Balaban J connectivity index is 1.85. The molecule has 134 valence electrons. The average Bonchev–Trinajstić information content (AvgIpc) is 3.17. The molecule has 0 aliphatic heterocycles. The van der Waals surface area contributed by atoms with Crippen LogP contribution < -0.4 is 5.32 Å². The summed E-state index contributed by atoms with van der Waals surface area (Å²) in [5, 5.41) is 3.28. The zero-order valence-electron chi connectivity index (χ0n) is 14.9. The molecule has 0 bridgehead atoms. The highest BCUT2D eigenvalue weighted by Gasteiger charge is 2.28. The van der Waals surface area contributed by atoms with Crippen LogP contribution in [0.1, 0.15) is 69.1 Å². The zero-order valence-corrected chi connectivity index (χ0v) is 16.5. The number of carbonyl (C=O) groups is 2. The quantitative estimate of drug-likeness (QED) is 0.803. The maximum atomic E-state index is 12.6. The molecule has 1 amide bonds. The predicted octanol–water partition coefficient (Wildman–Crippen LogP) is 4.42. The number of thiophene rings is 1. The molecule has 0 spiro atoms. The molecule has 0 fully saturated rings. The number of amides is 1. The number of rotatable bonds is 3. The number of aryl methyl sites for hydroxylation is 2. The largest absolute Gasteiger partial charge is 0.465 e. The van der Waals surface area contributed by atoms with Gasteiger partial charge in [0.2, 0.25) is 0 Å². The van der Waals surface area contributed by atoms with Crippen molar-refractivity contribution in [2.24, 2.45) is 0 Å². The molecule has 1 aliphatic rings. The lowest BCUT2D eigenvalue weighted by atomic mass is 9.91. The predicted molar refractivity (Wildman–Crippen MR) is 101 cm³/mol. The number of methoxy groups -OCH3 is 1. The summed E-state index contributed by atoms with van der Waals surface area (Å²) in [6.07, 6.45) is 4.50. The second-order valence-corrected chi connectivity index (χ2v) is 9.29. The third kappa shape index (κ3) is 3.77. The first kappa shape index (κ1) is 18.1. The van der Waals surface area contributed by atoms with E-state index in [2.05, 4.69) is 10.3 Å². The lowest BCUT2D eigenvalue weighted by Crippen LogP contribution is -2.17. The van der Waals surface area contributed by atoms with Crippen molar-refractivity contribution in [2.45, 2.75) is 51.9 Å². The number of hydrogen-bond donors (Lipinski definition) is 1. The van der Waals surface area contributed by atoms with E-state index >= 15 is 0 Å². The van der Waals surface area contributed by atoms with Crippen molar-refractivity contribution < 1.29 is 14.3 Å². The molecule has 2 aromatic rings. The summed E-state index contributed by atoms with van der Waals surface area (Å²) in [4.78, 5) is 31.6. The summed E-state index contributed by atoms with van der Waals surface area (Å²) >= 11 is 2.73. The van der Waals surface area contributed by atoms with Crippen molar-refractivity contribution in [3.63, 3.8) is 0 Å². The van der Waals surface area contributed by atoms with Gasteiger partial charge in [-0.3, -0.25) is 10.1 Å². The lowest BCUT2D eigenvalue weighted by Gasteiger charge is -2.16. The first-order valence-electron chi connectivity index (χ1n) is 8.32. The first-order chi connectivity index (χ1) is 11.8. The molecular weight excluding hydrogens is 356 g/mol. The summed E-state index contributed by atoms with van der Waals surface area (Å²) in [7, 11) is 1.35.